The van der Waals surface area contributed by atoms with E-state index in [1.54, 1.807) is 12.4 Å². The zero-order valence-electron chi connectivity index (χ0n) is 11.9. The Hall–Kier alpha value is -2.64. The number of imidazole rings is 1. The summed E-state index contributed by atoms with van der Waals surface area (Å²) in [6.07, 6.45) is 8.29. The monoisotopic (exact) mass is 286 g/mol. The summed E-state index contributed by atoms with van der Waals surface area (Å²) < 4.78 is 2.05. The third-order valence-corrected chi connectivity index (χ3v) is 3.09. The van der Waals surface area contributed by atoms with Gasteiger partial charge in [0, 0.05) is 32.0 Å². The molecule has 0 aliphatic rings. The number of fused-ring (bicyclic) bond motifs is 1. The summed E-state index contributed by atoms with van der Waals surface area (Å²) in [7, 11) is 0. The lowest BCUT2D eigenvalue weighted by Crippen LogP contribution is -2.09. The molecule has 0 fully saturated rings. The summed E-state index contributed by atoms with van der Waals surface area (Å²) >= 11 is 0. The molecule has 0 spiro atoms. The summed E-state index contributed by atoms with van der Waals surface area (Å²) in [5, 5.41) is 14.3. The number of rotatable bonds is 7. The maximum Gasteiger partial charge on any atom is 0.226 e. The van der Waals surface area contributed by atoms with Crippen molar-refractivity contribution in [2.45, 2.75) is 19.9 Å². The molecule has 110 valence electrons. The lowest BCUT2D eigenvalue weighted by molar-refractivity contribution is 0.660. The first-order valence-corrected chi connectivity index (χ1v) is 7.01. The van der Waals surface area contributed by atoms with E-state index in [4.69, 9.17) is 0 Å². The minimum Gasteiger partial charge on any atom is -0.369 e. The highest BCUT2D eigenvalue weighted by Gasteiger charge is 2.08. The average molecular weight is 286 g/mol. The summed E-state index contributed by atoms with van der Waals surface area (Å²) in [6, 6.07) is 0. The van der Waals surface area contributed by atoms with E-state index in [0.29, 0.717) is 5.95 Å². The summed E-state index contributed by atoms with van der Waals surface area (Å²) in [4.78, 5) is 12.9. The van der Waals surface area contributed by atoms with Gasteiger partial charge in [0.1, 0.15) is 5.82 Å². The number of nitrogens with one attached hydrogen (secondary N) is 3. The van der Waals surface area contributed by atoms with E-state index in [1.807, 2.05) is 19.4 Å². The SMILES string of the molecule is CCNc1nc(NCCCn2ccnc2)c2cn[nH]c2n1. The van der Waals surface area contributed by atoms with Gasteiger partial charge in [-0.15, -0.1) is 0 Å². The molecule has 0 unspecified atom stereocenters. The zero-order valence-corrected chi connectivity index (χ0v) is 11.9. The number of anilines is 2. The molecule has 3 heterocycles. The van der Waals surface area contributed by atoms with Gasteiger partial charge in [0.15, 0.2) is 5.65 Å². The van der Waals surface area contributed by atoms with Crippen LogP contribution in [0.15, 0.2) is 24.9 Å². The molecule has 0 atom stereocenters. The molecule has 0 saturated heterocycles. The van der Waals surface area contributed by atoms with Crippen LogP contribution in [0.25, 0.3) is 11.0 Å². The smallest absolute Gasteiger partial charge is 0.226 e. The minimum absolute atomic E-state index is 0.603. The molecule has 0 saturated carbocycles. The van der Waals surface area contributed by atoms with Crippen LogP contribution in [-0.2, 0) is 6.54 Å². The normalized spacial score (nSPS) is 10.9. The summed E-state index contributed by atoms with van der Waals surface area (Å²) in [5.41, 5.74) is 0.734. The zero-order chi connectivity index (χ0) is 14.5. The molecule has 21 heavy (non-hydrogen) atoms. The van der Waals surface area contributed by atoms with E-state index >= 15 is 0 Å². The second kappa shape index (κ2) is 6.21. The van der Waals surface area contributed by atoms with E-state index in [2.05, 4.69) is 40.3 Å². The molecule has 0 bridgehead atoms. The predicted molar refractivity (Wildman–Crippen MR) is 81.2 cm³/mol. The first-order valence-electron chi connectivity index (χ1n) is 7.01. The first-order chi connectivity index (χ1) is 10.4. The van der Waals surface area contributed by atoms with Crippen molar-refractivity contribution in [3.8, 4) is 0 Å². The van der Waals surface area contributed by atoms with Crippen LogP contribution in [-0.4, -0.2) is 42.8 Å². The Labute approximate surface area is 122 Å². The van der Waals surface area contributed by atoms with E-state index in [1.165, 1.54) is 0 Å². The van der Waals surface area contributed by atoms with Crippen molar-refractivity contribution in [2.75, 3.05) is 23.7 Å². The van der Waals surface area contributed by atoms with Gasteiger partial charge < -0.3 is 15.2 Å². The Kier molecular flexibility index (Phi) is 3.95. The van der Waals surface area contributed by atoms with Crippen molar-refractivity contribution in [3.63, 3.8) is 0 Å². The van der Waals surface area contributed by atoms with Crippen LogP contribution in [0, 0.1) is 0 Å². The number of aromatic nitrogens is 6. The van der Waals surface area contributed by atoms with Crippen LogP contribution < -0.4 is 10.6 Å². The standard InChI is InChI=1S/C13H18N8/c1-2-15-13-18-11(10-8-17-20-12(10)19-13)16-4-3-6-21-7-5-14-9-21/h5,7-9H,2-4,6H2,1H3,(H3,15,16,17,18,19,20). The second-order valence-electron chi connectivity index (χ2n) is 4.64. The fourth-order valence-corrected chi connectivity index (χ4v) is 2.09. The molecule has 3 aromatic heterocycles. The van der Waals surface area contributed by atoms with Crippen molar-refractivity contribution < 1.29 is 0 Å². The van der Waals surface area contributed by atoms with Crippen molar-refractivity contribution in [2.24, 2.45) is 0 Å². The molecule has 0 aliphatic carbocycles. The largest absolute Gasteiger partial charge is 0.369 e. The number of aromatic amines is 1. The maximum atomic E-state index is 4.48. The fourth-order valence-electron chi connectivity index (χ4n) is 2.09. The molecule has 0 aliphatic heterocycles. The average Bonchev–Trinajstić information content (AvgIpc) is 3.14. The third kappa shape index (κ3) is 3.10. The van der Waals surface area contributed by atoms with Crippen LogP contribution >= 0.6 is 0 Å². The highest BCUT2D eigenvalue weighted by atomic mass is 15.2. The quantitative estimate of drug-likeness (QED) is 0.569. The van der Waals surface area contributed by atoms with Crippen LogP contribution in [0.3, 0.4) is 0 Å². The Morgan fingerprint density at radius 1 is 1.29 bits per heavy atom. The molecule has 8 nitrogen and oxygen atoms in total. The van der Waals surface area contributed by atoms with Gasteiger partial charge in [-0.05, 0) is 13.3 Å². The van der Waals surface area contributed by atoms with E-state index in [-0.39, 0.29) is 0 Å². The molecular formula is C13H18N8. The van der Waals surface area contributed by atoms with E-state index in [0.717, 1.165) is 42.9 Å². The van der Waals surface area contributed by atoms with Crippen LogP contribution in [0.5, 0.6) is 0 Å². The molecule has 3 rings (SSSR count). The van der Waals surface area contributed by atoms with E-state index in [9.17, 15) is 0 Å². The van der Waals surface area contributed by atoms with Gasteiger partial charge in [-0.3, -0.25) is 5.10 Å². The van der Waals surface area contributed by atoms with Crippen molar-refractivity contribution in [3.05, 3.63) is 24.9 Å². The molecule has 0 amide bonds. The lowest BCUT2D eigenvalue weighted by Gasteiger charge is -2.09. The Morgan fingerprint density at radius 3 is 3.05 bits per heavy atom. The van der Waals surface area contributed by atoms with Crippen LogP contribution in [0.2, 0.25) is 0 Å². The highest BCUT2D eigenvalue weighted by Crippen LogP contribution is 2.19. The van der Waals surface area contributed by atoms with Gasteiger partial charge in [-0.2, -0.15) is 15.1 Å². The Bertz CT molecular complexity index is 687. The molecule has 0 aromatic carbocycles. The second-order valence-corrected chi connectivity index (χ2v) is 4.64. The minimum atomic E-state index is 0.603. The van der Waals surface area contributed by atoms with Gasteiger partial charge in [-0.25, -0.2) is 4.98 Å². The summed E-state index contributed by atoms with van der Waals surface area (Å²) in [6.45, 7) is 4.53. The molecule has 8 heteroatoms. The van der Waals surface area contributed by atoms with Crippen LogP contribution in [0.4, 0.5) is 11.8 Å². The number of hydrogen-bond acceptors (Lipinski definition) is 6. The number of hydrogen-bond donors (Lipinski definition) is 3. The molecule has 3 aromatic rings. The first kappa shape index (κ1) is 13.3. The summed E-state index contributed by atoms with van der Waals surface area (Å²) in [5.74, 6) is 1.40. The van der Waals surface area contributed by atoms with Crippen molar-refractivity contribution in [1.82, 2.24) is 29.7 Å². The van der Waals surface area contributed by atoms with Gasteiger partial charge in [0.05, 0.1) is 17.9 Å². The molecular weight excluding hydrogens is 268 g/mol. The molecule has 0 radical (unpaired) electrons. The number of nitrogens with zero attached hydrogens (tertiary/aromatic N) is 5. The number of H-pyrrole nitrogens is 1. The predicted octanol–water partition coefficient (Wildman–Crippen LogP) is 1.48. The Balaban J connectivity index is 1.66. The Morgan fingerprint density at radius 2 is 2.24 bits per heavy atom. The van der Waals surface area contributed by atoms with Crippen molar-refractivity contribution in [1.29, 1.82) is 0 Å². The van der Waals surface area contributed by atoms with Crippen LogP contribution in [0.1, 0.15) is 13.3 Å². The lowest BCUT2D eigenvalue weighted by atomic mass is 10.3. The molecule has 3 N–H and O–H groups in total. The van der Waals surface area contributed by atoms with Crippen molar-refractivity contribution >= 4 is 22.8 Å². The van der Waals surface area contributed by atoms with Gasteiger partial charge >= 0.3 is 0 Å². The van der Waals surface area contributed by atoms with Gasteiger partial charge in [0.25, 0.3) is 0 Å². The van der Waals surface area contributed by atoms with E-state index < -0.39 is 0 Å². The van der Waals surface area contributed by atoms with Gasteiger partial charge in [0.2, 0.25) is 5.95 Å². The van der Waals surface area contributed by atoms with Gasteiger partial charge in [-0.1, -0.05) is 0 Å². The number of aryl methyl sites for hydroxylation is 1. The maximum absolute atomic E-state index is 4.48. The third-order valence-electron chi connectivity index (χ3n) is 3.09. The topological polar surface area (TPSA) is 96.3 Å². The fraction of sp³-hybridized carbons (Fsp3) is 0.385. The highest BCUT2D eigenvalue weighted by molar-refractivity contribution is 5.86.